The molecule has 0 spiro atoms. The van der Waals surface area contributed by atoms with Crippen molar-refractivity contribution in [1.29, 1.82) is 0 Å². The van der Waals surface area contributed by atoms with Gasteiger partial charge >= 0.3 is 13.7 Å². The second-order valence-corrected chi connectivity index (χ2v) is 17.9. The molecule has 5 atom stereocenters. The van der Waals surface area contributed by atoms with Gasteiger partial charge in [-0.1, -0.05) is 103 Å². The van der Waals surface area contributed by atoms with Gasteiger partial charge in [0.2, 0.25) is 29.5 Å². The Morgan fingerprint density at radius 1 is 0.638 bits per heavy atom. The Balaban J connectivity index is 1.28. The average molecular weight is 964 g/mol. The Kier molecular flexibility index (Phi) is 18.0. The van der Waals surface area contributed by atoms with Crippen molar-refractivity contribution in [2.75, 3.05) is 6.61 Å². The summed E-state index contributed by atoms with van der Waals surface area (Å²) < 4.78 is 23.1. The molecule has 2 heterocycles. The van der Waals surface area contributed by atoms with E-state index < -0.39 is 86.2 Å². The third-order valence-corrected chi connectivity index (χ3v) is 11.6. The summed E-state index contributed by atoms with van der Waals surface area (Å²) >= 11 is 0. The van der Waals surface area contributed by atoms with Gasteiger partial charge in [-0.2, -0.15) is 0 Å². The van der Waals surface area contributed by atoms with Gasteiger partial charge in [-0.05, 0) is 40.8 Å². The standard InChI is InChI=1S/C48H54N9O11P/c1-30(43(49)58)53-44(59)40(21-35-23-51-38-15-9-8-14-37(35)38)55-47(62)42(27-67-25-32-10-4-2-5-11-32)56-45(60)39(20-31-16-18-34(19-17-31)28-69(64,65)66)54-46(61)41(22-36-24-50-29-52-36)57-48(63)68-26-33-12-6-3-7-13-33/h2-19,23-24,29-30,39-42,51H,20-22,25-28H2,1H3,(H2,49,58)(H,50,52)(H,53,59)(H,54,61)(H,55,62)(H,56,60)(H,57,63)(H2,64,65,66)/t30-,39+,40+,41+,42+/m1/s1. The van der Waals surface area contributed by atoms with Crippen LogP contribution in [0.3, 0.4) is 0 Å². The lowest BCUT2D eigenvalue weighted by molar-refractivity contribution is -0.135. The number of H-pyrrole nitrogens is 2. The Labute approximate surface area is 396 Å². The topological polar surface area (TPSA) is 309 Å². The molecule has 6 aromatic rings. The minimum Gasteiger partial charge on any atom is -0.445 e. The molecule has 0 aliphatic carbocycles. The summed E-state index contributed by atoms with van der Waals surface area (Å²) in [4.78, 5) is 111. The first-order valence-electron chi connectivity index (χ1n) is 21.8. The first kappa shape index (κ1) is 50.8. The van der Waals surface area contributed by atoms with E-state index in [1.54, 1.807) is 60.8 Å². The lowest BCUT2D eigenvalue weighted by Gasteiger charge is -2.27. The van der Waals surface area contributed by atoms with Crippen molar-refractivity contribution in [1.82, 2.24) is 41.5 Å². The summed E-state index contributed by atoms with van der Waals surface area (Å²) in [6.45, 7) is 0.908. The highest BCUT2D eigenvalue weighted by Gasteiger charge is 2.33. The lowest BCUT2D eigenvalue weighted by Crippen LogP contribution is -2.60. The number of alkyl carbamates (subject to hydrolysis) is 1. The largest absolute Gasteiger partial charge is 0.445 e. The summed E-state index contributed by atoms with van der Waals surface area (Å²) in [5, 5.41) is 14.0. The number of ether oxygens (including phenoxy) is 2. The molecular formula is C48H54N9O11P. The predicted molar refractivity (Wildman–Crippen MR) is 252 cm³/mol. The molecule has 6 rings (SSSR count). The maximum atomic E-state index is 14.6. The van der Waals surface area contributed by atoms with Crippen molar-refractivity contribution < 1.29 is 52.6 Å². The van der Waals surface area contributed by atoms with Gasteiger partial charge in [-0.15, -0.1) is 0 Å². The highest BCUT2D eigenvalue weighted by molar-refractivity contribution is 7.50. The number of rotatable bonds is 24. The molecule has 0 saturated carbocycles. The fourth-order valence-corrected chi connectivity index (χ4v) is 7.87. The van der Waals surface area contributed by atoms with Crippen LogP contribution < -0.4 is 32.3 Å². The van der Waals surface area contributed by atoms with Crippen molar-refractivity contribution in [2.45, 2.75) is 75.8 Å². The number of fused-ring (bicyclic) bond motifs is 1. The van der Waals surface area contributed by atoms with Crippen LogP contribution in [0.15, 0.2) is 128 Å². The van der Waals surface area contributed by atoms with Gasteiger partial charge < -0.3 is 61.5 Å². The van der Waals surface area contributed by atoms with Gasteiger partial charge in [0, 0.05) is 48.3 Å². The van der Waals surface area contributed by atoms with Crippen molar-refractivity contribution in [2.24, 2.45) is 5.73 Å². The molecule has 6 amide bonds. The maximum Gasteiger partial charge on any atom is 0.408 e. The number of primary amides is 1. The zero-order valence-electron chi connectivity index (χ0n) is 37.5. The van der Waals surface area contributed by atoms with Crippen LogP contribution >= 0.6 is 7.60 Å². The summed E-state index contributed by atoms with van der Waals surface area (Å²) in [5.74, 6) is -4.09. The third kappa shape index (κ3) is 16.0. The Hall–Kier alpha value is -7.64. The van der Waals surface area contributed by atoms with Crippen molar-refractivity contribution in [3.63, 3.8) is 0 Å². The number of nitrogens with one attached hydrogen (secondary N) is 7. The molecule has 0 bridgehead atoms. The quantitative estimate of drug-likeness (QED) is 0.0392. The molecule has 2 aromatic heterocycles. The Bertz CT molecular complexity index is 2720. The molecule has 362 valence electrons. The second kappa shape index (κ2) is 24.4. The van der Waals surface area contributed by atoms with Gasteiger partial charge in [0.15, 0.2) is 0 Å². The van der Waals surface area contributed by atoms with Crippen LogP contribution in [0.4, 0.5) is 4.79 Å². The number of carbonyl (C=O) groups is 6. The van der Waals surface area contributed by atoms with Crippen LogP contribution in [0, 0.1) is 0 Å². The number of carbonyl (C=O) groups excluding carboxylic acids is 6. The van der Waals surface area contributed by atoms with Crippen LogP contribution in [-0.4, -0.2) is 97.2 Å². The Morgan fingerprint density at radius 3 is 1.81 bits per heavy atom. The number of aromatic amines is 2. The van der Waals surface area contributed by atoms with E-state index in [0.717, 1.165) is 16.5 Å². The van der Waals surface area contributed by atoms with Crippen molar-refractivity contribution in [3.05, 3.63) is 161 Å². The van der Waals surface area contributed by atoms with E-state index in [1.165, 1.54) is 43.7 Å². The van der Waals surface area contributed by atoms with E-state index >= 15 is 0 Å². The number of nitrogens with zero attached hydrogens (tertiary/aromatic N) is 1. The van der Waals surface area contributed by atoms with Gasteiger partial charge in [0.05, 0.1) is 25.7 Å². The molecular weight excluding hydrogens is 910 g/mol. The van der Waals surface area contributed by atoms with E-state index in [0.29, 0.717) is 27.9 Å². The number of hydrogen-bond acceptors (Lipinski definition) is 10. The van der Waals surface area contributed by atoms with Gasteiger partial charge in [0.1, 0.15) is 36.8 Å². The van der Waals surface area contributed by atoms with Crippen LogP contribution in [0.25, 0.3) is 10.9 Å². The molecule has 0 saturated heterocycles. The summed E-state index contributed by atoms with van der Waals surface area (Å²) in [6.07, 6.45) is 2.72. The molecule has 0 aliphatic heterocycles. The van der Waals surface area contributed by atoms with Gasteiger partial charge in [-0.25, -0.2) is 9.78 Å². The van der Waals surface area contributed by atoms with Crippen molar-refractivity contribution in [3.8, 4) is 0 Å². The summed E-state index contributed by atoms with van der Waals surface area (Å²) in [7, 11) is -4.42. The minimum absolute atomic E-state index is 0.0261. The van der Waals surface area contributed by atoms with Gasteiger partial charge in [-0.3, -0.25) is 28.5 Å². The summed E-state index contributed by atoms with van der Waals surface area (Å²) in [6, 6.07) is 24.6. The van der Waals surface area contributed by atoms with E-state index in [4.69, 9.17) is 15.2 Å². The van der Waals surface area contributed by atoms with Crippen LogP contribution in [-0.2, 0) is 76.6 Å². The second-order valence-electron chi connectivity index (χ2n) is 16.3. The first-order valence-corrected chi connectivity index (χ1v) is 23.6. The number of nitrogens with two attached hydrogens (primary N) is 1. The van der Waals surface area contributed by atoms with Crippen molar-refractivity contribution >= 4 is 54.1 Å². The number of imidazole rings is 1. The molecule has 0 unspecified atom stereocenters. The Morgan fingerprint density at radius 2 is 1.19 bits per heavy atom. The molecule has 0 fully saturated rings. The smallest absolute Gasteiger partial charge is 0.408 e. The molecule has 11 N–H and O–H groups in total. The fraction of sp³-hybridized carbons (Fsp3) is 0.271. The number of amides is 6. The van der Waals surface area contributed by atoms with E-state index in [1.807, 2.05) is 30.3 Å². The van der Waals surface area contributed by atoms with Crippen LogP contribution in [0.2, 0.25) is 0 Å². The number of hydrogen-bond donors (Lipinski definition) is 10. The molecule has 20 nitrogen and oxygen atoms in total. The van der Waals surface area contributed by atoms with E-state index in [9.17, 15) is 43.1 Å². The zero-order chi connectivity index (χ0) is 49.3. The lowest BCUT2D eigenvalue weighted by atomic mass is 10.0. The summed E-state index contributed by atoms with van der Waals surface area (Å²) in [5.41, 5.74) is 9.58. The van der Waals surface area contributed by atoms with Crippen LogP contribution in [0.1, 0.15) is 40.4 Å². The minimum atomic E-state index is -4.42. The van der Waals surface area contributed by atoms with E-state index in [-0.39, 0.29) is 32.5 Å². The maximum absolute atomic E-state index is 14.6. The number of benzene rings is 4. The fourth-order valence-electron chi connectivity index (χ4n) is 7.18. The van der Waals surface area contributed by atoms with E-state index in [2.05, 4.69) is 41.5 Å². The SMILES string of the molecule is C[C@@H](NC(=O)[C@H](Cc1c[nH]c2ccccc12)NC(=O)[C@H](COCc1ccccc1)NC(=O)[C@H](Cc1ccc(CP(=O)(O)O)cc1)NC(=O)[C@H](Cc1cnc[nH]1)NC(=O)OCc1ccccc1)C(N)=O. The average Bonchev–Trinajstić information content (AvgIpc) is 4.00. The predicted octanol–water partition coefficient (Wildman–Crippen LogP) is 2.55. The highest BCUT2D eigenvalue weighted by Crippen LogP contribution is 2.39. The molecule has 4 aromatic carbocycles. The molecule has 0 aliphatic rings. The monoisotopic (exact) mass is 963 g/mol. The first-order chi connectivity index (χ1) is 33.1. The molecule has 69 heavy (non-hydrogen) atoms. The van der Waals surface area contributed by atoms with Crippen LogP contribution in [0.5, 0.6) is 0 Å². The highest BCUT2D eigenvalue weighted by atomic mass is 31.2. The number of aromatic nitrogens is 3. The molecule has 0 radical (unpaired) electrons. The number of para-hydroxylation sites is 1. The molecule has 21 heteroatoms. The third-order valence-electron chi connectivity index (χ3n) is 10.8. The zero-order valence-corrected chi connectivity index (χ0v) is 38.4. The normalized spacial score (nSPS) is 13.5. The van der Waals surface area contributed by atoms with Gasteiger partial charge in [0.25, 0.3) is 0 Å².